The summed E-state index contributed by atoms with van der Waals surface area (Å²) in [6, 6.07) is 3.97. The van der Waals surface area contributed by atoms with Crippen molar-refractivity contribution in [3.05, 3.63) is 51.7 Å². The van der Waals surface area contributed by atoms with E-state index in [4.69, 9.17) is 16.4 Å². The molecule has 0 saturated heterocycles. The molecule has 0 amide bonds. The van der Waals surface area contributed by atoms with Crippen molar-refractivity contribution >= 4 is 23.7 Å². The van der Waals surface area contributed by atoms with E-state index in [1.54, 1.807) is 0 Å². The maximum Gasteiger partial charge on any atom is 0.266 e. The highest BCUT2D eigenvalue weighted by Crippen LogP contribution is 2.26. The lowest BCUT2D eigenvalue weighted by Crippen LogP contribution is -2.21. The van der Waals surface area contributed by atoms with Crippen molar-refractivity contribution in [1.82, 2.24) is 14.9 Å². The van der Waals surface area contributed by atoms with Crippen molar-refractivity contribution in [3.8, 4) is 0 Å². The Balaban J connectivity index is 0. The molecule has 40 heavy (non-hydrogen) atoms. The molecule has 0 aliphatic heterocycles. The molecule has 0 saturated carbocycles. The van der Waals surface area contributed by atoms with Gasteiger partial charge in [-0.2, -0.15) is 0 Å². The largest absolute Gasteiger partial charge is 0.366 e. The third kappa shape index (κ3) is 16.2. The van der Waals surface area contributed by atoms with Crippen LogP contribution in [-0.2, 0) is 24.2 Å². The van der Waals surface area contributed by atoms with E-state index < -0.39 is 17.8 Å². The minimum Gasteiger partial charge on any atom is -0.366 e. The number of benzene rings is 1. The van der Waals surface area contributed by atoms with Gasteiger partial charge in [-0.1, -0.05) is 79.5 Å². The van der Waals surface area contributed by atoms with Gasteiger partial charge in [0, 0.05) is 17.7 Å². The number of halogens is 4. The number of anilines is 1. The molecule has 9 heteroatoms. The Labute approximate surface area is 246 Å². The number of aromatic nitrogens is 2. The first-order valence-corrected chi connectivity index (χ1v) is 14.9. The topological polar surface area (TPSA) is 58.1 Å². The van der Waals surface area contributed by atoms with E-state index in [-0.39, 0.29) is 17.4 Å². The van der Waals surface area contributed by atoms with Gasteiger partial charge in [-0.05, 0) is 70.3 Å². The zero-order chi connectivity index (χ0) is 31.1. The van der Waals surface area contributed by atoms with Gasteiger partial charge in [0.15, 0.2) is 0 Å². The second kappa shape index (κ2) is 24.6. The van der Waals surface area contributed by atoms with Crippen molar-refractivity contribution in [2.75, 3.05) is 25.5 Å². The number of alkyl halides is 2. The molecule has 1 aromatic carbocycles. The molecular weight excluding hydrogens is 537 g/mol. The number of carbonyl (C=O) groups is 1. The Kier molecular flexibility index (Phi) is 24.6. The number of hydrogen-bond acceptors (Lipinski definition) is 5. The van der Waals surface area contributed by atoms with Crippen LogP contribution in [0.3, 0.4) is 0 Å². The van der Waals surface area contributed by atoms with Crippen LogP contribution in [0.5, 0.6) is 0 Å². The van der Waals surface area contributed by atoms with Gasteiger partial charge in [0.05, 0.1) is 11.3 Å². The Bertz CT molecular complexity index is 932. The van der Waals surface area contributed by atoms with Crippen LogP contribution in [0, 0.1) is 11.7 Å². The summed E-state index contributed by atoms with van der Waals surface area (Å²) in [6.45, 7) is 18.8. The number of hydrogen-bond donors (Lipinski definition) is 1. The first-order valence-electron chi connectivity index (χ1n) is 14.5. The van der Waals surface area contributed by atoms with Crippen molar-refractivity contribution in [2.45, 2.75) is 107 Å². The van der Waals surface area contributed by atoms with Crippen molar-refractivity contribution in [1.29, 1.82) is 0 Å². The zero-order valence-corrected chi connectivity index (χ0v) is 26.8. The lowest BCUT2D eigenvalue weighted by Gasteiger charge is -2.17. The Morgan fingerprint density at radius 1 is 1.07 bits per heavy atom. The van der Waals surface area contributed by atoms with Gasteiger partial charge < -0.3 is 15.0 Å². The molecule has 1 heterocycles. The average Bonchev–Trinajstić information content (AvgIpc) is 2.93. The molecule has 5 nitrogen and oxygen atoms in total. The van der Waals surface area contributed by atoms with Crippen LogP contribution in [0.4, 0.5) is 19.0 Å². The lowest BCUT2D eigenvalue weighted by atomic mass is 10.1. The Morgan fingerprint density at radius 2 is 1.70 bits per heavy atom. The molecule has 0 fully saturated rings. The van der Waals surface area contributed by atoms with Gasteiger partial charge in [-0.25, -0.2) is 23.1 Å². The molecule has 0 bridgehead atoms. The van der Waals surface area contributed by atoms with Crippen LogP contribution in [0.1, 0.15) is 110 Å². The van der Waals surface area contributed by atoms with E-state index in [0.29, 0.717) is 12.2 Å². The Hall–Kier alpha value is -2.19. The number of aryl methyl sites for hydroxylation is 1. The third-order valence-corrected chi connectivity index (χ3v) is 6.17. The zero-order valence-electron chi connectivity index (χ0n) is 26.1. The summed E-state index contributed by atoms with van der Waals surface area (Å²) in [4.78, 5) is 19.6. The molecule has 0 spiro atoms. The molecular formula is C31H52ClF3N4O. The molecule has 2 rings (SSSR count). The fraction of sp³-hybridized carbons (Fsp3) is 0.645. The summed E-state index contributed by atoms with van der Waals surface area (Å²) in [5, 5.41) is 3.12. The molecule has 2 aromatic rings. The quantitative estimate of drug-likeness (QED) is 0.187. The van der Waals surface area contributed by atoms with Gasteiger partial charge >= 0.3 is 0 Å². The number of rotatable bonds is 13. The minimum absolute atomic E-state index is 0.0400. The molecule has 0 aliphatic carbocycles. The summed E-state index contributed by atoms with van der Waals surface area (Å²) in [5.74, 6) is 0.518. The molecule has 1 N–H and O–H groups in total. The summed E-state index contributed by atoms with van der Waals surface area (Å²) >= 11 is 5.96. The highest BCUT2D eigenvalue weighted by molar-refractivity contribution is 6.28. The maximum atomic E-state index is 14.1. The van der Waals surface area contributed by atoms with E-state index in [9.17, 15) is 13.2 Å². The van der Waals surface area contributed by atoms with Gasteiger partial charge in [0.25, 0.3) is 6.43 Å². The van der Waals surface area contributed by atoms with Gasteiger partial charge in [-0.3, -0.25) is 0 Å². The summed E-state index contributed by atoms with van der Waals surface area (Å²) < 4.78 is 39.7. The fourth-order valence-electron chi connectivity index (χ4n) is 3.68. The molecule has 0 radical (unpaired) electrons. The van der Waals surface area contributed by atoms with E-state index in [1.165, 1.54) is 51.4 Å². The highest BCUT2D eigenvalue weighted by Gasteiger charge is 2.17. The number of nitrogens with zero attached hydrogens (tertiary/aromatic N) is 3. The second-order valence-electron chi connectivity index (χ2n) is 9.19. The summed E-state index contributed by atoms with van der Waals surface area (Å²) in [7, 11) is 2.21. The fourth-order valence-corrected chi connectivity index (χ4v) is 3.87. The van der Waals surface area contributed by atoms with E-state index in [2.05, 4.69) is 48.0 Å². The summed E-state index contributed by atoms with van der Waals surface area (Å²) in [5.41, 5.74) is 1.31. The molecule has 1 atom stereocenters. The molecule has 1 aromatic heterocycles. The molecule has 1 unspecified atom stereocenters. The molecule has 0 aliphatic rings. The monoisotopic (exact) mass is 588 g/mol. The van der Waals surface area contributed by atoms with Crippen LogP contribution in [0.2, 0.25) is 5.28 Å². The number of aldehydes is 1. The highest BCUT2D eigenvalue weighted by atomic mass is 35.5. The van der Waals surface area contributed by atoms with E-state index >= 15 is 0 Å². The van der Waals surface area contributed by atoms with Crippen LogP contribution < -0.4 is 5.32 Å². The lowest BCUT2D eigenvalue weighted by molar-refractivity contribution is -0.106. The first-order chi connectivity index (χ1) is 19.1. The van der Waals surface area contributed by atoms with Crippen molar-refractivity contribution < 1.29 is 18.0 Å². The summed E-state index contributed by atoms with van der Waals surface area (Å²) in [6.07, 6.45) is 4.21. The van der Waals surface area contributed by atoms with Gasteiger partial charge in [-0.15, -0.1) is 0 Å². The van der Waals surface area contributed by atoms with Crippen molar-refractivity contribution in [2.24, 2.45) is 5.92 Å². The third-order valence-electron chi connectivity index (χ3n) is 6.00. The second-order valence-corrected chi connectivity index (χ2v) is 9.52. The van der Waals surface area contributed by atoms with Gasteiger partial charge in [0.2, 0.25) is 5.28 Å². The first kappa shape index (κ1) is 40.0. The van der Waals surface area contributed by atoms with E-state index in [0.717, 1.165) is 42.4 Å². The SMILES string of the molecule is CC.CC=O.CCCN(C)CCC(C)CC.CCCc1nc(Cl)nc(NCc2cccc(C(F)F)c2F)c1CC. The maximum absolute atomic E-state index is 14.1. The van der Waals surface area contributed by atoms with Gasteiger partial charge in [0.1, 0.15) is 17.9 Å². The molecule has 230 valence electrons. The number of nitrogens with one attached hydrogen (secondary N) is 1. The normalized spacial score (nSPS) is 11.0. The minimum atomic E-state index is -2.85. The number of carbonyl (C=O) groups excluding carboxylic acids is 1. The van der Waals surface area contributed by atoms with Crippen LogP contribution in [0.25, 0.3) is 0 Å². The predicted molar refractivity (Wildman–Crippen MR) is 164 cm³/mol. The van der Waals surface area contributed by atoms with E-state index in [1.807, 2.05) is 27.7 Å². The van der Waals surface area contributed by atoms with Crippen LogP contribution >= 0.6 is 11.6 Å². The predicted octanol–water partition coefficient (Wildman–Crippen LogP) is 9.33. The smallest absolute Gasteiger partial charge is 0.266 e. The van der Waals surface area contributed by atoms with Crippen LogP contribution in [0.15, 0.2) is 18.2 Å². The van der Waals surface area contributed by atoms with Crippen LogP contribution in [-0.4, -0.2) is 41.3 Å². The standard InChI is InChI=1S/C17H19ClF3N3.C10H23N.C2H4O.C2H6/c1-3-6-13-11(4-2)16(24-17(18)23-13)22-9-10-7-5-8-12(14(10)19)15(20)21;1-5-8-11(4)9-7-10(3)6-2;1-2-3;1-2/h5,7-8,15H,3-4,6,9H2,1-2H3,(H,22,23,24);10H,5-9H2,1-4H3;2H,1H3;1-2H3. The Morgan fingerprint density at radius 3 is 2.20 bits per heavy atom. The average molecular weight is 589 g/mol. The van der Waals surface area contributed by atoms with Crippen molar-refractivity contribution in [3.63, 3.8) is 0 Å².